The second-order valence-corrected chi connectivity index (χ2v) is 7.43. The molecule has 0 aromatic carbocycles. The number of thiophene rings is 1. The van der Waals surface area contributed by atoms with E-state index < -0.39 is 5.91 Å². The number of amides is 2. The lowest BCUT2D eigenvalue weighted by Crippen LogP contribution is -2.18. The lowest BCUT2D eigenvalue weighted by atomic mass is 9.96. The van der Waals surface area contributed by atoms with Gasteiger partial charge in [0.1, 0.15) is 5.00 Å². The van der Waals surface area contributed by atoms with Gasteiger partial charge in [0.15, 0.2) is 10.4 Å². The van der Waals surface area contributed by atoms with Crippen LogP contribution < -0.4 is 11.1 Å². The number of aryl methyl sites for hydroxylation is 1. The molecule has 0 fully saturated rings. The largest absolute Gasteiger partial charge is 0.444 e. The molecule has 0 atom stereocenters. The van der Waals surface area contributed by atoms with Gasteiger partial charge in [-0.05, 0) is 59.3 Å². The maximum Gasteiger partial charge on any atom is 0.292 e. The number of nitrogens with one attached hydrogen (secondary N) is 1. The number of fused-ring (bicyclic) bond motifs is 1. The van der Waals surface area contributed by atoms with Gasteiger partial charge < -0.3 is 15.5 Å². The molecule has 0 radical (unpaired) electrons. The zero-order valence-corrected chi connectivity index (χ0v) is 14.9. The third-order valence-corrected chi connectivity index (χ3v) is 5.58. The first-order chi connectivity index (χ1) is 11.1. The van der Waals surface area contributed by atoms with Gasteiger partial charge in [-0.1, -0.05) is 12.8 Å². The van der Waals surface area contributed by atoms with E-state index in [0.717, 1.165) is 42.5 Å². The summed E-state index contributed by atoms with van der Waals surface area (Å²) in [5.74, 6) is -0.681. The molecule has 2 amide bonds. The molecule has 0 saturated carbocycles. The number of furan rings is 1. The molecule has 1 aliphatic carbocycles. The molecule has 3 rings (SSSR count). The molecular formula is C16H17BrN2O3S. The number of hydrogen-bond donors (Lipinski definition) is 2. The fourth-order valence-corrected chi connectivity index (χ4v) is 4.47. The van der Waals surface area contributed by atoms with Gasteiger partial charge in [-0.2, -0.15) is 0 Å². The van der Waals surface area contributed by atoms with Crippen LogP contribution >= 0.6 is 27.3 Å². The first kappa shape index (κ1) is 16.3. The van der Waals surface area contributed by atoms with Crippen molar-refractivity contribution in [2.24, 2.45) is 5.73 Å². The molecule has 5 nitrogen and oxygen atoms in total. The summed E-state index contributed by atoms with van der Waals surface area (Å²) < 4.78 is 5.74. The monoisotopic (exact) mass is 396 g/mol. The van der Waals surface area contributed by atoms with Crippen LogP contribution in [0.4, 0.5) is 5.00 Å². The Labute approximate surface area is 146 Å². The first-order valence-corrected chi connectivity index (χ1v) is 9.18. The molecule has 2 aromatic heterocycles. The molecule has 1 aliphatic rings. The van der Waals surface area contributed by atoms with Gasteiger partial charge in [0.2, 0.25) is 0 Å². The van der Waals surface area contributed by atoms with Crippen LogP contribution in [-0.4, -0.2) is 11.8 Å². The average molecular weight is 397 g/mol. The van der Waals surface area contributed by atoms with Crippen LogP contribution in [0.15, 0.2) is 21.2 Å². The maximum atomic E-state index is 12.3. The molecule has 0 saturated heterocycles. The molecule has 0 aliphatic heterocycles. The number of carbonyl (C=O) groups excluding carboxylic acids is 2. The van der Waals surface area contributed by atoms with E-state index in [1.165, 1.54) is 17.8 Å². The number of carbonyl (C=O) groups is 2. The highest BCUT2D eigenvalue weighted by Crippen LogP contribution is 2.37. The Kier molecular flexibility index (Phi) is 4.87. The van der Waals surface area contributed by atoms with Gasteiger partial charge in [0.05, 0.1) is 5.56 Å². The van der Waals surface area contributed by atoms with E-state index >= 15 is 0 Å². The highest BCUT2D eigenvalue weighted by Gasteiger charge is 2.24. The Morgan fingerprint density at radius 2 is 1.91 bits per heavy atom. The van der Waals surface area contributed by atoms with Gasteiger partial charge in [-0.3, -0.25) is 9.59 Å². The molecule has 3 N–H and O–H groups in total. The zero-order valence-electron chi connectivity index (χ0n) is 12.5. The Bertz CT molecular complexity index is 751. The molecule has 122 valence electrons. The molecule has 0 bridgehead atoms. The summed E-state index contributed by atoms with van der Waals surface area (Å²) in [7, 11) is 0. The van der Waals surface area contributed by atoms with E-state index in [9.17, 15) is 9.59 Å². The van der Waals surface area contributed by atoms with Crippen molar-refractivity contribution >= 4 is 44.1 Å². The van der Waals surface area contributed by atoms with Crippen LogP contribution in [0.3, 0.4) is 0 Å². The molecule has 2 heterocycles. The Morgan fingerprint density at radius 3 is 2.57 bits per heavy atom. The summed E-state index contributed by atoms with van der Waals surface area (Å²) in [6, 6.07) is 3.23. The fourth-order valence-electron chi connectivity index (χ4n) is 2.87. The maximum absolute atomic E-state index is 12.3. The van der Waals surface area contributed by atoms with Crippen molar-refractivity contribution in [3.63, 3.8) is 0 Å². The van der Waals surface area contributed by atoms with Crippen molar-refractivity contribution in [3.05, 3.63) is 38.6 Å². The average Bonchev–Trinajstić information content (AvgIpc) is 3.03. The quantitative estimate of drug-likeness (QED) is 0.817. The van der Waals surface area contributed by atoms with Crippen LogP contribution in [0.5, 0.6) is 0 Å². The molecular weight excluding hydrogens is 380 g/mol. The summed E-state index contributed by atoms with van der Waals surface area (Å²) in [5.41, 5.74) is 7.05. The van der Waals surface area contributed by atoms with Gasteiger partial charge in [0, 0.05) is 4.88 Å². The predicted molar refractivity (Wildman–Crippen MR) is 93.1 cm³/mol. The van der Waals surface area contributed by atoms with Crippen LogP contribution in [-0.2, 0) is 12.8 Å². The summed E-state index contributed by atoms with van der Waals surface area (Å²) in [4.78, 5) is 25.4. The van der Waals surface area contributed by atoms with Crippen molar-refractivity contribution in [1.29, 1.82) is 0 Å². The van der Waals surface area contributed by atoms with Crippen molar-refractivity contribution in [2.45, 2.75) is 38.5 Å². The van der Waals surface area contributed by atoms with Crippen molar-refractivity contribution in [3.8, 4) is 0 Å². The highest BCUT2D eigenvalue weighted by molar-refractivity contribution is 9.10. The lowest BCUT2D eigenvalue weighted by molar-refractivity contribution is 0.0996. The first-order valence-electron chi connectivity index (χ1n) is 7.57. The third kappa shape index (κ3) is 3.50. The smallest absolute Gasteiger partial charge is 0.292 e. The van der Waals surface area contributed by atoms with Crippen molar-refractivity contribution in [1.82, 2.24) is 0 Å². The summed E-state index contributed by atoms with van der Waals surface area (Å²) >= 11 is 4.63. The van der Waals surface area contributed by atoms with E-state index in [-0.39, 0.29) is 11.7 Å². The number of rotatable bonds is 3. The van der Waals surface area contributed by atoms with Gasteiger partial charge >= 0.3 is 0 Å². The second-order valence-electron chi connectivity index (χ2n) is 5.54. The van der Waals surface area contributed by atoms with Gasteiger partial charge in [-0.15, -0.1) is 11.3 Å². The minimum absolute atomic E-state index is 0.188. The Morgan fingerprint density at radius 1 is 1.17 bits per heavy atom. The van der Waals surface area contributed by atoms with Crippen LogP contribution in [0, 0.1) is 0 Å². The SMILES string of the molecule is NC(=O)c1c(NC(=O)c2ccc(Br)o2)sc2c1CCCCCC2. The number of nitrogens with two attached hydrogens (primary N) is 1. The summed E-state index contributed by atoms with van der Waals surface area (Å²) in [6.45, 7) is 0. The van der Waals surface area contributed by atoms with Crippen molar-refractivity contribution < 1.29 is 14.0 Å². The van der Waals surface area contributed by atoms with E-state index in [4.69, 9.17) is 10.2 Å². The number of halogens is 1. The molecule has 23 heavy (non-hydrogen) atoms. The molecule has 0 spiro atoms. The van der Waals surface area contributed by atoms with E-state index in [1.807, 2.05) is 0 Å². The standard InChI is InChI=1S/C16H17BrN2O3S/c17-12-8-7-10(22-12)15(21)19-16-13(14(18)20)9-5-3-1-2-4-6-11(9)23-16/h7-8H,1-6H2,(H2,18,20)(H,19,21). The lowest BCUT2D eigenvalue weighted by Gasteiger charge is -2.10. The number of primary amides is 1. The Hall–Kier alpha value is -1.60. The number of anilines is 1. The van der Waals surface area contributed by atoms with E-state index in [0.29, 0.717) is 15.2 Å². The minimum atomic E-state index is -0.487. The van der Waals surface area contributed by atoms with Gasteiger partial charge in [-0.25, -0.2) is 0 Å². The molecule has 0 unspecified atom stereocenters. The van der Waals surface area contributed by atoms with E-state index in [2.05, 4.69) is 21.2 Å². The summed E-state index contributed by atoms with van der Waals surface area (Å²) in [5, 5.41) is 3.31. The molecule has 7 heteroatoms. The van der Waals surface area contributed by atoms with Gasteiger partial charge in [0.25, 0.3) is 11.8 Å². The minimum Gasteiger partial charge on any atom is -0.444 e. The fraction of sp³-hybridized carbons (Fsp3) is 0.375. The van der Waals surface area contributed by atoms with Crippen LogP contribution in [0.1, 0.15) is 57.0 Å². The predicted octanol–water partition coefficient (Wildman–Crippen LogP) is 4.11. The second kappa shape index (κ2) is 6.88. The number of hydrogen-bond acceptors (Lipinski definition) is 4. The van der Waals surface area contributed by atoms with E-state index in [1.54, 1.807) is 12.1 Å². The molecule has 2 aromatic rings. The summed E-state index contributed by atoms with van der Waals surface area (Å²) in [6.07, 6.45) is 6.28. The van der Waals surface area contributed by atoms with Crippen LogP contribution in [0.2, 0.25) is 0 Å². The zero-order chi connectivity index (χ0) is 16.4. The Balaban J connectivity index is 1.93. The normalized spacial score (nSPS) is 14.7. The highest BCUT2D eigenvalue weighted by atomic mass is 79.9. The van der Waals surface area contributed by atoms with Crippen molar-refractivity contribution in [2.75, 3.05) is 5.32 Å². The van der Waals surface area contributed by atoms with Crippen LogP contribution in [0.25, 0.3) is 0 Å². The third-order valence-electron chi connectivity index (χ3n) is 3.94. The topological polar surface area (TPSA) is 85.3 Å².